The molecule has 2 aromatic rings. The molecule has 0 saturated carbocycles. The highest BCUT2D eigenvalue weighted by molar-refractivity contribution is 5.52. The van der Waals surface area contributed by atoms with Gasteiger partial charge in [0.1, 0.15) is 6.07 Å². The molecule has 2 heterocycles. The summed E-state index contributed by atoms with van der Waals surface area (Å²) in [6.07, 6.45) is 4.29. The van der Waals surface area contributed by atoms with Crippen molar-refractivity contribution in [3.8, 4) is 11.8 Å². The number of rotatable bonds is 4. The van der Waals surface area contributed by atoms with E-state index in [0.29, 0.717) is 17.5 Å². The summed E-state index contributed by atoms with van der Waals surface area (Å²) in [7, 11) is 0. The Morgan fingerprint density at radius 3 is 2.96 bits per heavy atom. The van der Waals surface area contributed by atoms with E-state index in [1.165, 1.54) is 23.4 Å². The largest absolute Gasteiger partial charge is 0.350 e. The molecule has 24 heavy (non-hydrogen) atoms. The zero-order valence-electron chi connectivity index (χ0n) is 13.4. The summed E-state index contributed by atoms with van der Waals surface area (Å²) >= 11 is 0. The molecule has 1 atom stereocenters. The maximum atomic E-state index is 10.9. The van der Waals surface area contributed by atoms with Gasteiger partial charge < -0.3 is 4.90 Å². The minimum Gasteiger partial charge on any atom is -0.350 e. The van der Waals surface area contributed by atoms with Crippen molar-refractivity contribution in [3.05, 3.63) is 40.1 Å². The van der Waals surface area contributed by atoms with Gasteiger partial charge in [0.25, 0.3) is 5.69 Å². The third-order valence-corrected chi connectivity index (χ3v) is 4.34. The highest BCUT2D eigenvalue weighted by Crippen LogP contribution is 2.27. The molecule has 0 aliphatic carbocycles. The lowest BCUT2D eigenvalue weighted by molar-refractivity contribution is -0.384. The molecule has 0 N–H and O–H groups in total. The third-order valence-electron chi connectivity index (χ3n) is 4.34. The lowest BCUT2D eigenvalue weighted by atomic mass is 10.00. The number of nitriles is 1. The Bertz CT molecular complexity index is 794. The van der Waals surface area contributed by atoms with Gasteiger partial charge in [-0.3, -0.25) is 10.1 Å². The molecule has 1 aromatic heterocycles. The Hall–Kier alpha value is -2.95. The van der Waals surface area contributed by atoms with Crippen molar-refractivity contribution in [1.29, 1.82) is 5.26 Å². The van der Waals surface area contributed by atoms with E-state index >= 15 is 0 Å². The molecule has 0 radical (unpaired) electrons. The van der Waals surface area contributed by atoms with Gasteiger partial charge in [0.05, 0.1) is 10.6 Å². The quantitative estimate of drug-likeness (QED) is 0.632. The van der Waals surface area contributed by atoms with Gasteiger partial charge in [-0.2, -0.15) is 5.26 Å². The highest BCUT2D eigenvalue weighted by atomic mass is 16.6. The van der Waals surface area contributed by atoms with Crippen LogP contribution in [-0.4, -0.2) is 32.5 Å². The molecule has 1 aromatic carbocycles. The predicted molar refractivity (Wildman–Crippen MR) is 88.0 cm³/mol. The van der Waals surface area contributed by atoms with Crippen LogP contribution in [0.15, 0.2) is 24.3 Å². The van der Waals surface area contributed by atoms with E-state index in [1.807, 2.05) is 0 Å². The summed E-state index contributed by atoms with van der Waals surface area (Å²) in [5, 5.41) is 29.0. The lowest BCUT2D eigenvalue weighted by Crippen LogP contribution is -2.39. The van der Waals surface area contributed by atoms with Crippen molar-refractivity contribution in [2.24, 2.45) is 0 Å². The Morgan fingerprint density at radius 1 is 1.42 bits per heavy atom. The van der Waals surface area contributed by atoms with Crippen LogP contribution in [0.4, 0.5) is 11.5 Å². The van der Waals surface area contributed by atoms with Crippen molar-refractivity contribution in [2.45, 2.75) is 38.6 Å². The molecule has 0 bridgehead atoms. The molecule has 8 nitrogen and oxygen atoms in total. The van der Waals surface area contributed by atoms with Crippen LogP contribution in [0.25, 0.3) is 5.69 Å². The number of nitro groups is 1. The second kappa shape index (κ2) is 6.66. The van der Waals surface area contributed by atoms with Gasteiger partial charge in [0, 0.05) is 24.7 Å². The Balaban J connectivity index is 2.00. The standard InChI is InChI=1S/C16H18N6O2/c1-2-12-6-3-4-9-20(12)16-15(11-17)18-21(19-16)13-7-5-8-14(10-13)22(23)24/h5,7-8,10,12H,2-4,6,9H2,1H3/t12-/m1/s1. The van der Waals surface area contributed by atoms with E-state index in [9.17, 15) is 15.4 Å². The van der Waals surface area contributed by atoms with Gasteiger partial charge in [0.2, 0.25) is 5.69 Å². The van der Waals surface area contributed by atoms with Crippen LogP contribution in [0.3, 0.4) is 0 Å². The molecule has 124 valence electrons. The molecule has 0 amide bonds. The zero-order valence-corrected chi connectivity index (χ0v) is 13.4. The molecule has 1 aliphatic heterocycles. The lowest BCUT2D eigenvalue weighted by Gasteiger charge is -2.35. The van der Waals surface area contributed by atoms with Gasteiger partial charge in [-0.15, -0.1) is 15.0 Å². The second-order valence-corrected chi connectivity index (χ2v) is 5.80. The molecule has 1 saturated heterocycles. The molecule has 1 aliphatic rings. The van der Waals surface area contributed by atoms with Gasteiger partial charge in [-0.25, -0.2) is 0 Å². The van der Waals surface area contributed by atoms with Crippen LogP contribution in [0.2, 0.25) is 0 Å². The molecule has 8 heteroatoms. The molecule has 0 spiro atoms. The SMILES string of the molecule is CC[C@@H]1CCCCN1c1nn(-c2cccc([N+](=O)[O-])c2)nc1C#N. The van der Waals surface area contributed by atoms with Gasteiger partial charge >= 0.3 is 0 Å². The van der Waals surface area contributed by atoms with Gasteiger partial charge in [-0.05, 0) is 31.7 Å². The van der Waals surface area contributed by atoms with Crippen LogP contribution in [0, 0.1) is 21.4 Å². The summed E-state index contributed by atoms with van der Waals surface area (Å²) in [6, 6.07) is 8.53. The molecular formula is C16H18N6O2. The predicted octanol–water partition coefficient (Wildman–Crippen LogP) is 2.82. The van der Waals surface area contributed by atoms with Crippen molar-refractivity contribution in [1.82, 2.24) is 15.0 Å². The maximum absolute atomic E-state index is 10.9. The van der Waals surface area contributed by atoms with E-state index in [1.54, 1.807) is 12.1 Å². The summed E-state index contributed by atoms with van der Waals surface area (Å²) in [6.45, 7) is 2.97. The number of anilines is 1. The second-order valence-electron chi connectivity index (χ2n) is 5.80. The number of hydrogen-bond donors (Lipinski definition) is 0. The Morgan fingerprint density at radius 2 is 2.25 bits per heavy atom. The molecule has 0 unspecified atom stereocenters. The number of piperidine rings is 1. The summed E-state index contributed by atoms with van der Waals surface area (Å²) in [5.41, 5.74) is 0.688. The van der Waals surface area contributed by atoms with E-state index in [2.05, 4.69) is 28.1 Å². The average Bonchev–Trinajstić information content (AvgIpc) is 3.06. The first-order valence-corrected chi connectivity index (χ1v) is 8.03. The van der Waals surface area contributed by atoms with Gasteiger partial charge in [-0.1, -0.05) is 13.0 Å². The average molecular weight is 326 g/mol. The number of nitrogens with zero attached hydrogens (tertiary/aromatic N) is 6. The van der Waals surface area contributed by atoms with E-state index in [0.717, 1.165) is 25.8 Å². The zero-order chi connectivity index (χ0) is 17.1. The minimum absolute atomic E-state index is 0.0331. The van der Waals surface area contributed by atoms with Crippen molar-refractivity contribution in [2.75, 3.05) is 11.4 Å². The number of non-ortho nitro benzene ring substituents is 1. The third kappa shape index (κ3) is 2.93. The summed E-state index contributed by atoms with van der Waals surface area (Å²) in [4.78, 5) is 13.9. The summed E-state index contributed by atoms with van der Waals surface area (Å²) in [5.74, 6) is 0.565. The van der Waals surface area contributed by atoms with Crippen LogP contribution < -0.4 is 4.90 Å². The fourth-order valence-corrected chi connectivity index (χ4v) is 3.12. The first-order chi connectivity index (χ1) is 11.6. The van der Waals surface area contributed by atoms with Gasteiger partial charge in [0.15, 0.2) is 5.82 Å². The van der Waals surface area contributed by atoms with Crippen LogP contribution in [0.5, 0.6) is 0 Å². The van der Waals surface area contributed by atoms with Crippen molar-refractivity contribution < 1.29 is 4.92 Å². The van der Waals surface area contributed by atoms with E-state index in [4.69, 9.17) is 0 Å². The van der Waals surface area contributed by atoms with Crippen molar-refractivity contribution in [3.63, 3.8) is 0 Å². The van der Waals surface area contributed by atoms with Crippen molar-refractivity contribution >= 4 is 11.5 Å². The fourth-order valence-electron chi connectivity index (χ4n) is 3.12. The summed E-state index contributed by atoms with van der Waals surface area (Å²) < 4.78 is 0. The number of aromatic nitrogens is 3. The Labute approximate surface area is 139 Å². The topological polar surface area (TPSA) is 101 Å². The normalized spacial score (nSPS) is 17.5. The maximum Gasteiger partial charge on any atom is 0.271 e. The molecular weight excluding hydrogens is 308 g/mol. The fraction of sp³-hybridized carbons (Fsp3) is 0.438. The van der Waals surface area contributed by atoms with Crippen LogP contribution >= 0.6 is 0 Å². The monoisotopic (exact) mass is 326 g/mol. The first kappa shape index (κ1) is 15.9. The molecule has 1 fully saturated rings. The highest BCUT2D eigenvalue weighted by Gasteiger charge is 2.27. The number of hydrogen-bond acceptors (Lipinski definition) is 6. The molecule has 3 rings (SSSR count). The number of nitro benzene ring substituents is 1. The van der Waals surface area contributed by atoms with Crippen LogP contribution in [0.1, 0.15) is 38.3 Å². The van der Waals surface area contributed by atoms with E-state index < -0.39 is 4.92 Å². The first-order valence-electron chi connectivity index (χ1n) is 8.03. The minimum atomic E-state index is -0.461. The van der Waals surface area contributed by atoms with Crippen LogP contribution in [-0.2, 0) is 0 Å². The van der Waals surface area contributed by atoms with E-state index in [-0.39, 0.29) is 11.4 Å². The number of benzene rings is 1. The Kier molecular flexibility index (Phi) is 4.42. The smallest absolute Gasteiger partial charge is 0.271 e.